The summed E-state index contributed by atoms with van der Waals surface area (Å²) in [4.78, 5) is 33.3. The van der Waals surface area contributed by atoms with Crippen LogP contribution in [0.15, 0.2) is 54.6 Å². The first-order valence-corrected chi connectivity index (χ1v) is 11.8. The summed E-state index contributed by atoms with van der Waals surface area (Å²) in [7, 11) is 0. The lowest BCUT2D eigenvalue weighted by Gasteiger charge is -2.39. The van der Waals surface area contributed by atoms with Gasteiger partial charge in [0.15, 0.2) is 0 Å². The largest absolute Gasteiger partial charge is 0.462 e. The quantitative estimate of drug-likeness (QED) is 0.553. The number of carbonyl (C=O) groups is 2. The lowest BCUT2D eigenvalue weighted by molar-refractivity contribution is 0.0526. The number of nitrogens with one attached hydrogen (secondary N) is 1. The Balaban J connectivity index is 1.32. The van der Waals surface area contributed by atoms with Crippen LogP contribution < -0.4 is 10.2 Å². The number of esters is 1. The lowest BCUT2D eigenvalue weighted by atomic mass is 10.1. The van der Waals surface area contributed by atoms with Crippen LogP contribution in [0.3, 0.4) is 0 Å². The molecule has 4 rings (SSSR count). The SMILES string of the molecule is CCOC(=O)c1ccc(NC(=O)N2CCN(c3nc(Cc4ccccc4)ns3)CC2C)cc1. The van der Waals surface area contributed by atoms with Crippen LogP contribution in [0.4, 0.5) is 15.6 Å². The van der Waals surface area contributed by atoms with Crippen LogP contribution in [-0.4, -0.2) is 58.5 Å². The van der Waals surface area contributed by atoms with Crippen LogP contribution in [-0.2, 0) is 11.2 Å². The van der Waals surface area contributed by atoms with Gasteiger partial charge in [-0.25, -0.2) is 14.6 Å². The first kappa shape index (κ1) is 22.7. The Labute approximate surface area is 197 Å². The molecule has 1 aliphatic heterocycles. The fourth-order valence-corrected chi connectivity index (χ4v) is 4.48. The minimum Gasteiger partial charge on any atom is -0.462 e. The topological polar surface area (TPSA) is 87.7 Å². The molecular formula is C24H27N5O3S. The van der Waals surface area contributed by atoms with E-state index in [0.717, 1.165) is 11.0 Å². The van der Waals surface area contributed by atoms with Crippen LogP contribution in [0, 0.1) is 0 Å². The number of rotatable bonds is 6. The highest BCUT2D eigenvalue weighted by Crippen LogP contribution is 2.23. The molecular weight excluding hydrogens is 438 g/mol. The molecule has 1 unspecified atom stereocenters. The number of ether oxygens (including phenoxy) is 1. The van der Waals surface area contributed by atoms with E-state index in [1.807, 2.05) is 30.0 Å². The lowest BCUT2D eigenvalue weighted by Crippen LogP contribution is -2.55. The molecule has 2 heterocycles. The van der Waals surface area contributed by atoms with Gasteiger partial charge in [0.25, 0.3) is 0 Å². The molecule has 0 spiro atoms. The Kier molecular flexibility index (Phi) is 7.19. The van der Waals surface area contributed by atoms with Gasteiger partial charge in [0, 0.05) is 49.3 Å². The monoisotopic (exact) mass is 465 g/mol. The van der Waals surface area contributed by atoms with E-state index in [-0.39, 0.29) is 18.0 Å². The first-order valence-electron chi connectivity index (χ1n) is 11.0. The van der Waals surface area contributed by atoms with Gasteiger partial charge in [0.1, 0.15) is 5.82 Å². The van der Waals surface area contributed by atoms with E-state index in [4.69, 9.17) is 9.72 Å². The van der Waals surface area contributed by atoms with Crippen molar-refractivity contribution in [3.05, 3.63) is 71.5 Å². The number of benzene rings is 2. The second kappa shape index (κ2) is 10.4. The number of hydrogen-bond acceptors (Lipinski definition) is 7. The van der Waals surface area contributed by atoms with Gasteiger partial charge in [-0.3, -0.25) is 0 Å². The molecule has 1 aliphatic rings. The summed E-state index contributed by atoms with van der Waals surface area (Å²) < 4.78 is 9.50. The van der Waals surface area contributed by atoms with Crippen molar-refractivity contribution in [3.8, 4) is 0 Å². The predicted molar refractivity (Wildman–Crippen MR) is 129 cm³/mol. The summed E-state index contributed by atoms with van der Waals surface area (Å²) in [5, 5.41) is 3.81. The van der Waals surface area contributed by atoms with Crippen molar-refractivity contribution in [2.45, 2.75) is 26.3 Å². The smallest absolute Gasteiger partial charge is 0.338 e. The molecule has 1 aromatic heterocycles. The van der Waals surface area contributed by atoms with E-state index >= 15 is 0 Å². The maximum atomic E-state index is 12.8. The molecule has 172 valence electrons. The molecule has 9 heteroatoms. The molecule has 3 aromatic rings. The molecule has 0 aliphatic carbocycles. The summed E-state index contributed by atoms with van der Waals surface area (Å²) in [6.07, 6.45) is 0.713. The first-order chi connectivity index (χ1) is 16.0. The van der Waals surface area contributed by atoms with Gasteiger partial charge in [-0.2, -0.15) is 4.37 Å². The van der Waals surface area contributed by atoms with Crippen molar-refractivity contribution in [2.75, 3.05) is 36.5 Å². The molecule has 0 radical (unpaired) electrons. The van der Waals surface area contributed by atoms with E-state index < -0.39 is 0 Å². The van der Waals surface area contributed by atoms with Gasteiger partial charge in [0.2, 0.25) is 5.13 Å². The highest BCUT2D eigenvalue weighted by atomic mass is 32.1. The van der Waals surface area contributed by atoms with E-state index in [2.05, 4.69) is 26.7 Å². The maximum absolute atomic E-state index is 12.8. The van der Waals surface area contributed by atoms with E-state index in [0.29, 0.717) is 43.9 Å². The summed E-state index contributed by atoms with van der Waals surface area (Å²) in [5.41, 5.74) is 2.28. The van der Waals surface area contributed by atoms with Crippen molar-refractivity contribution in [3.63, 3.8) is 0 Å². The summed E-state index contributed by atoms with van der Waals surface area (Å²) in [6.45, 7) is 6.09. The van der Waals surface area contributed by atoms with Gasteiger partial charge in [-0.1, -0.05) is 30.3 Å². The Morgan fingerprint density at radius 2 is 1.88 bits per heavy atom. The fraction of sp³-hybridized carbons (Fsp3) is 0.333. The predicted octanol–water partition coefficient (Wildman–Crippen LogP) is 4.05. The zero-order valence-corrected chi connectivity index (χ0v) is 19.5. The number of amides is 2. The average Bonchev–Trinajstić information content (AvgIpc) is 3.28. The van der Waals surface area contributed by atoms with Crippen molar-refractivity contribution < 1.29 is 14.3 Å². The molecule has 1 N–H and O–H groups in total. The molecule has 0 saturated carbocycles. The van der Waals surface area contributed by atoms with E-state index in [1.54, 1.807) is 31.2 Å². The number of anilines is 2. The van der Waals surface area contributed by atoms with Crippen molar-refractivity contribution in [1.82, 2.24) is 14.3 Å². The zero-order valence-electron chi connectivity index (χ0n) is 18.7. The van der Waals surface area contributed by atoms with E-state index in [9.17, 15) is 9.59 Å². The van der Waals surface area contributed by atoms with Crippen LogP contribution in [0.1, 0.15) is 35.6 Å². The third-order valence-corrected chi connectivity index (χ3v) is 6.28. The zero-order chi connectivity index (χ0) is 23.2. The summed E-state index contributed by atoms with van der Waals surface area (Å²) in [5.74, 6) is 0.448. The molecule has 2 amide bonds. The minimum absolute atomic E-state index is 0.0130. The van der Waals surface area contributed by atoms with Gasteiger partial charge < -0.3 is 19.9 Å². The van der Waals surface area contributed by atoms with Gasteiger partial charge in [-0.15, -0.1) is 0 Å². The number of carbonyl (C=O) groups excluding carboxylic acids is 2. The normalized spacial score (nSPS) is 15.9. The number of hydrogen-bond donors (Lipinski definition) is 1. The molecule has 1 atom stereocenters. The Hall–Kier alpha value is -3.46. The maximum Gasteiger partial charge on any atom is 0.338 e. The van der Waals surface area contributed by atoms with Gasteiger partial charge >= 0.3 is 12.0 Å². The fourth-order valence-electron chi connectivity index (χ4n) is 3.76. The van der Waals surface area contributed by atoms with E-state index in [1.165, 1.54) is 17.1 Å². The van der Waals surface area contributed by atoms with Crippen molar-refractivity contribution >= 4 is 34.4 Å². The Morgan fingerprint density at radius 1 is 1.12 bits per heavy atom. The van der Waals surface area contributed by atoms with Crippen molar-refractivity contribution in [1.29, 1.82) is 0 Å². The van der Waals surface area contributed by atoms with Crippen molar-refractivity contribution in [2.24, 2.45) is 0 Å². The molecule has 2 aromatic carbocycles. The summed E-state index contributed by atoms with van der Waals surface area (Å²) >= 11 is 1.40. The van der Waals surface area contributed by atoms with Crippen LogP contribution in [0.5, 0.6) is 0 Å². The molecule has 1 saturated heterocycles. The molecule has 8 nitrogen and oxygen atoms in total. The third kappa shape index (κ3) is 5.67. The second-order valence-electron chi connectivity index (χ2n) is 7.87. The molecule has 1 fully saturated rings. The number of piperazine rings is 1. The number of aromatic nitrogens is 2. The number of nitrogens with zero attached hydrogens (tertiary/aromatic N) is 4. The van der Waals surface area contributed by atoms with Gasteiger partial charge in [0.05, 0.1) is 12.2 Å². The Morgan fingerprint density at radius 3 is 2.58 bits per heavy atom. The minimum atomic E-state index is -0.372. The highest BCUT2D eigenvalue weighted by Gasteiger charge is 2.29. The summed E-state index contributed by atoms with van der Waals surface area (Å²) in [6, 6.07) is 16.8. The second-order valence-corrected chi connectivity index (χ2v) is 8.60. The third-order valence-electron chi connectivity index (χ3n) is 5.47. The Bertz CT molecular complexity index is 1090. The van der Waals surface area contributed by atoms with Gasteiger partial charge in [-0.05, 0) is 43.7 Å². The molecule has 0 bridgehead atoms. The highest BCUT2D eigenvalue weighted by molar-refractivity contribution is 7.09. The average molecular weight is 466 g/mol. The number of urea groups is 1. The van der Waals surface area contributed by atoms with Crippen LogP contribution in [0.2, 0.25) is 0 Å². The van der Waals surface area contributed by atoms with Crippen LogP contribution in [0.25, 0.3) is 0 Å². The molecule has 33 heavy (non-hydrogen) atoms. The standard InChI is InChI=1S/C24H27N5O3S/c1-3-32-22(30)19-9-11-20(12-10-19)25-23(31)29-14-13-28(16-17(29)2)24-26-21(27-33-24)15-18-7-5-4-6-8-18/h4-12,17H,3,13-16H2,1-2H3,(H,25,31). The van der Waals surface area contributed by atoms with Crippen LogP contribution >= 0.6 is 11.5 Å².